The highest BCUT2D eigenvalue weighted by Crippen LogP contribution is 2.35. The molecule has 0 unspecified atom stereocenters. The normalized spacial score (nSPS) is 12.1. The lowest BCUT2D eigenvalue weighted by Gasteiger charge is -2.31. The van der Waals surface area contributed by atoms with E-state index in [-0.39, 0.29) is 5.41 Å². The Labute approximate surface area is 87.3 Å². The van der Waals surface area contributed by atoms with Crippen molar-refractivity contribution in [3.8, 4) is 0 Å². The van der Waals surface area contributed by atoms with Gasteiger partial charge in [0, 0.05) is 5.69 Å². The van der Waals surface area contributed by atoms with E-state index in [9.17, 15) is 0 Å². The number of hydrogen-bond donors (Lipinski definition) is 1. The van der Waals surface area contributed by atoms with Gasteiger partial charge < -0.3 is 5.73 Å². The van der Waals surface area contributed by atoms with Gasteiger partial charge in [-0.05, 0) is 29.9 Å². The van der Waals surface area contributed by atoms with Crippen LogP contribution in [-0.2, 0) is 5.41 Å². The zero-order valence-corrected chi connectivity index (χ0v) is 9.89. The van der Waals surface area contributed by atoms with Crippen molar-refractivity contribution in [1.82, 2.24) is 0 Å². The summed E-state index contributed by atoms with van der Waals surface area (Å²) in [5, 5.41) is 0. The molecule has 0 spiro atoms. The fourth-order valence-electron chi connectivity index (χ4n) is 1.54. The highest BCUT2D eigenvalue weighted by Gasteiger charge is 2.26. The number of benzene rings is 1. The van der Waals surface area contributed by atoms with Gasteiger partial charge in [-0.25, -0.2) is 0 Å². The summed E-state index contributed by atoms with van der Waals surface area (Å²) in [6.07, 6.45) is 0. The Hall–Kier alpha value is -0.980. The second-order valence-electron chi connectivity index (χ2n) is 4.97. The van der Waals surface area contributed by atoms with E-state index in [4.69, 9.17) is 5.73 Å². The summed E-state index contributed by atoms with van der Waals surface area (Å²) < 4.78 is 0. The van der Waals surface area contributed by atoms with Crippen LogP contribution in [0.1, 0.15) is 38.8 Å². The van der Waals surface area contributed by atoms with Crippen molar-refractivity contribution in [2.45, 2.75) is 40.0 Å². The van der Waals surface area contributed by atoms with Gasteiger partial charge >= 0.3 is 0 Å². The fraction of sp³-hybridized carbons (Fsp3) is 0.538. The highest BCUT2D eigenvalue weighted by atomic mass is 14.6. The molecule has 0 aliphatic heterocycles. The van der Waals surface area contributed by atoms with Gasteiger partial charge in [0.05, 0.1) is 0 Å². The van der Waals surface area contributed by atoms with Crippen LogP contribution in [0, 0.1) is 12.8 Å². The van der Waals surface area contributed by atoms with Crippen molar-refractivity contribution in [2.24, 2.45) is 5.92 Å². The summed E-state index contributed by atoms with van der Waals surface area (Å²) in [5.41, 5.74) is 9.62. The second-order valence-corrected chi connectivity index (χ2v) is 4.97. The predicted octanol–water partition coefficient (Wildman–Crippen LogP) is 3.51. The monoisotopic (exact) mass is 191 g/mol. The van der Waals surface area contributed by atoms with Crippen LogP contribution in [-0.4, -0.2) is 0 Å². The molecular weight excluding hydrogens is 170 g/mol. The highest BCUT2D eigenvalue weighted by molar-refractivity contribution is 5.52. The zero-order valence-electron chi connectivity index (χ0n) is 9.89. The van der Waals surface area contributed by atoms with Gasteiger partial charge in [0.15, 0.2) is 0 Å². The van der Waals surface area contributed by atoms with E-state index < -0.39 is 0 Å². The molecule has 1 aromatic carbocycles. The molecule has 0 radical (unpaired) electrons. The van der Waals surface area contributed by atoms with Gasteiger partial charge in [0.25, 0.3) is 0 Å². The van der Waals surface area contributed by atoms with Crippen LogP contribution >= 0.6 is 0 Å². The maximum atomic E-state index is 6.01. The summed E-state index contributed by atoms with van der Waals surface area (Å²) in [4.78, 5) is 0. The number of rotatable bonds is 2. The van der Waals surface area contributed by atoms with E-state index in [1.807, 2.05) is 6.07 Å². The van der Waals surface area contributed by atoms with Crippen LogP contribution in [0.4, 0.5) is 5.69 Å². The SMILES string of the molecule is Cc1ccc(N)c(C(C)(C)C(C)C)c1. The van der Waals surface area contributed by atoms with Crippen LogP contribution in [0.25, 0.3) is 0 Å². The summed E-state index contributed by atoms with van der Waals surface area (Å²) >= 11 is 0. The largest absolute Gasteiger partial charge is 0.398 e. The lowest BCUT2D eigenvalue weighted by molar-refractivity contribution is 0.373. The average Bonchev–Trinajstić information content (AvgIpc) is 2.08. The van der Waals surface area contributed by atoms with Crippen molar-refractivity contribution in [3.05, 3.63) is 29.3 Å². The van der Waals surface area contributed by atoms with Gasteiger partial charge in [-0.15, -0.1) is 0 Å². The molecule has 0 heterocycles. The van der Waals surface area contributed by atoms with E-state index in [0.29, 0.717) is 5.92 Å². The molecule has 1 heteroatoms. The number of nitrogen functional groups attached to an aromatic ring is 1. The molecule has 0 aliphatic carbocycles. The van der Waals surface area contributed by atoms with Crippen molar-refractivity contribution < 1.29 is 0 Å². The topological polar surface area (TPSA) is 26.0 Å². The number of hydrogen-bond acceptors (Lipinski definition) is 1. The Morgan fingerprint density at radius 1 is 1.21 bits per heavy atom. The molecule has 78 valence electrons. The molecule has 0 saturated heterocycles. The number of aryl methyl sites for hydroxylation is 1. The smallest absolute Gasteiger partial charge is 0.0352 e. The average molecular weight is 191 g/mol. The molecule has 0 aromatic heterocycles. The molecular formula is C13H21N. The summed E-state index contributed by atoms with van der Waals surface area (Å²) in [6, 6.07) is 6.28. The summed E-state index contributed by atoms with van der Waals surface area (Å²) in [6.45, 7) is 11.1. The second kappa shape index (κ2) is 3.64. The minimum absolute atomic E-state index is 0.149. The molecule has 0 aliphatic rings. The minimum Gasteiger partial charge on any atom is -0.398 e. The van der Waals surface area contributed by atoms with Gasteiger partial charge in [-0.1, -0.05) is 45.4 Å². The van der Waals surface area contributed by atoms with Crippen LogP contribution in [0.3, 0.4) is 0 Å². The van der Waals surface area contributed by atoms with Crippen LogP contribution in [0.2, 0.25) is 0 Å². The van der Waals surface area contributed by atoms with Crippen molar-refractivity contribution in [3.63, 3.8) is 0 Å². The Balaban J connectivity index is 3.24. The first-order valence-electron chi connectivity index (χ1n) is 5.22. The van der Waals surface area contributed by atoms with Crippen molar-refractivity contribution in [2.75, 3.05) is 5.73 Å². The first-order valence-corrected chi connectivity index (χ1v) is 5.22. The minimum atomic E-state index is 0.149. The summed E-state index contributed by atoms with van der Waals surface area (Å²) in [7, 11) is 0. The Kier molecular flexibility index (Phi) is 2.89. The quantitative estimate of drug-likeness (QED) is 0.711. The first kappa shape index (κ1) is 11.1. The lowest BCUT2D eigenvalue weighted by atomic mass is 9.74. The third-order valence-corrected chi connectivity index (χ3v) is 3.35. The van der Waals surface area contributed by atoms with Gasteiger partial charge in [0.1, 0.15) is 0 Å². The van der Waals surface area contributed by atoms with Crippen LogP contribution in [0.5, 0.6) is 0 Å². The van der Waals surface area contributed by atoms with E-state index >= 15 is 0 Å². The molecule has 0 amide bonds. The van der Waals surface area contributed by atoms with Gasteiger partial charge in [-0.2, -0.15) is 0 Å². The summed E-state index contributed by atoms with van der Waals surface area (Å²) in [5.74, 6) is 0.589. The Morgan fingerprint density at radius 2 is 1.79 bits per heavy atom. The van der Waals surface area contributed by atoms with Crippen molar-refractivity contribution in [1.29, 1.82) is 0 Å². The molecule has 1 aromatic rings. The zero-order chi connectivity index (χ0) is 10.9. The van der Waals surface area contributed by atoms with E-state index in [2.05, 4.69) is 46.8 Å². The molecule has 1 nitrogen and oxygen atoms in total. The lowest BCUT2D eigenvalue weighted by Crippen LogP contribution is -2.25. The van der Waals surface area contributed by atoms with Crippen molar-refractivity contribution >= 4 is 5.69 Å². The molecule has 0 fully saturated rings. The maximum Gasteiger partial charge on any atom is 0.0352 e. The third-order valence-electron chi connectivity index (χ3n) is 3.35. The van der Waals surface area contributed by atoms with Crippen LogP contribution in [0.15, 0.2) is 18.2 Å². The molecule has 2 N–H and O–H groups in total. The Bertz CT molecular complexity index is 324. The van der Waals surface area contributed by atoms with E-state index in [1.165, 1.54) is 11.1 Å². The maximum absolute atomic E-state index is 6.01. The first-order chi connectivity index (χ1) is 6.35. The fourth-order valence-corrected chi connectivity index (χ4v) is 1.54. The van der Waals surface area contributed by atoms with Gasteiger partial charge in [0.2, 0.25) is 0 Å². The molecule has 0 bridgehead atoms. The third kappa shape index (κ3) is 1.92. The number of nitrogens with two attached hydrogens (primary N) is 1. The standard InChI is InChI=1S/C13H21N/c1-9(2)13(4,5)11-8-10(3)6-7-12(11)14/h6-9H,14H2,1-5H3. The Morgan fingerprint density at radius 3 is 2.29 bits per heavy atom. The van der Waals surface area contributed by atoms with E-state index in [0.717, 1.165) is 5.69 Å². The van der Waals surface area contributed by atoms with E-state index in [1.54, 1.807) is 0 Å². The number of anilines is 1. The van der Waals surface area contributed by atoms with Gasteiger partial charge in [-0.3, -0.25) is 0 Å². The molecule has 1 rings (SSSR count). The van der Waals surface area contributed by atoms with Crippen LogP contribution < -0.4 is 5.73 Å². The molecule has 14 heavy (non-hydrogen) atoms. The molecule has 0 saturated carbocycles. The molecule has 0 atom stereocenters. The predicted molar refractivity (Wildman–Crippen MR) is 63.5 cm³/mol.